The van der Waals surface area contributed by atoms with E-state index in [-0.39, 0.29) is 1.43 Å². The number of hydrogen-bond acceptors (Lipinski definition) is 4. The van der Waals surface area contributed by atoms with Crippen molar-refractivity contribution in [2.45, 2.75) is 73.5 Å². The number of nitrogens with zero attached hydrogens (tertiary/aromatic N) is 1. The largest absolute Gasteiger partial charge is 0.350 e. The molecule has 2 rings (SSSR count). The Labute approximate surface area is 156 Å². The Morgan fingerprint density at radius 2 is 2.00 bits per heavy atom. The fraction of sp³-hybridized carbons (Fsp3) is 0.667. The predicted octanol–water partition coefficient (Wildman–Crippen LogP) is 5.17. The number of nitrogens with two attached hydrogens (primary N) is 2. The van der Waals surface area contributed by atoms with Gasteiger partial charge in [0.2, 0.25) is 0 Å². The Hall–Kier alpha value is -1.39. The maximum absolute atomic E-state index is 6.15. The summed E-state index contributed by atoms with van der Waals surface area (Å²) in [6.45, 7) is 15.1. The van der Waals surface area contributed by atoms with E-state index in [9.17, 15) is 0 Å². The number of epoxide rings is 1. The lowest BCUT2D eigenvalue weighted by Gasteiger charge is -2.18. The van der Waals surface area contributed by atoms with Crippen molar-refractivity contribution in [2.24, 2.45) is 28.5 Å². The first-order valence-electron chi connectivity index (χ1n) is 9.71. The molecule has 2 atom stereocenters. The van der Waals surface area contributed by atoms with Gasteiger partial charge in [0.15, 0.2) is 5.72 Å². The maximum Gasteiger partial charge on any atom is 0.162 e. The molecule has 146 valence electrons. The number of hydrogen-bond donors (Lipinski definition) is 2. The molecule has 0 aromatic rings. The van der Waals surface area contributed by atoms with Crippen molar-refractivity contribution in [1.82, 2.24) is 0 Å². The molecule has 1 saturated heterocycles. The van der Waals surface area contributed by atoms with Crippen molar-refractivity contribution in [3.05, 3.63) is 34.9 Å². The smallest absolute Gasteiger partial charge is 0.162 e. The minimum atomic E-state index is -0.483. The van der Waals surface area contributed by atoms with Gasteiger partial charge in [0.1, 0.15) is 0 Å². The van der Waals surface area contributed by atoms with Gasteiger partial charge in [-0.05, 0) is 43.3 Å². The molecular weight excluding hydrogens is 310 g/mol. The highest BCUT2D eigenvalue weighted by atomic mass is 16.6. The third-order valence-corrected chi connectivity index (χ3v) is 4.23. The van der Waals surface area contributed by atoms with Gasteiger partial charge in [0.05, 0.1) is 6.61 Å². The zero-order valence-corrected chi connectivity index (χ0v) is 17.3. The molecule has 0 aromatic heterocycles. The van der Waals surface area contributed by atoms with E-state index in [0.29, 0.717) is 18.4 Å². The van der Waals surface area contributed by atoms with E-state index >= 15 is 0 Å². The molecule has 1 heterocycles. The van der Waals surface area contributed by atoms with E-state index in [1.54, 1.807) is 6.21 Å². The molecule has 0 bridgehead atoms. The molecule has 25 heavy (non-hydrogen) atoms. The summed E-state index contributed by atoms with van der Waals surface area (Å²) in [6, 6.07) is 0. The highest BCUT2D eigenvalue weighted by molar-refractivity contribution is 5.64. The predicted molar refractivity (Wildman–Crippen MR) is 112 cm³/mol. The van der Waals surface area contributed by atoms with Crippen LogP contribution in [0.15, 0.2) is 40.0 Å². The average molecular weight is 352 g/mol. The minimum Gasteiger partial charge on any atom is -0.350 e. The molecule has 0 saturated carbocycles. The molecule has 0 amide bonds. The highest BCUT2D eigenvalue weighted by Crippen LogP contribution is 2.35. The summed E-state index contributed by atoms with van der Waals surface area (Å²) in [7, 11) is 0. The van der Waals surface area contributed by atoms with E-state index in [1.807, 2.05) is 27.7 Å². The summed E-state index contributed by atoms with van der Waals surface area (Å²) in [5.74, 6) is 5.99. The third kappa shape index (κ3) is 7.57. The molecule has 0 radical (unpaired) electrons. The number of rotatable bonds is 6. The molecule has 1 aliphatic carbocycles. The van der Waals surface area contributed by atoms with Crippen LogP contribution in [-0.4, -0.2) is 18.5 Å². The molecule has 4 heteroatoms. The van der Waals surface area contributed by atoms with Crippen LogP contribution in [0.25, 0.3) is 0 Å². The summed E-state index contributed by atoms with van der Waals surface area (Å²) in [4.78, 5) is 0. The normalized spacial score (nSPS) is 25.5. The van der Waals surface area contributed by atoms with Crippen molar-refractivity contribution in [3.8, 4) is 0 Å². The quantitative estimate of drug-likeness (QED) is 0.228. The first-order valence-corrected chi connectivity index (χ1v) is 9.71. The van der Waals surface area contributed by atoms with Crippen molar-refractivity contribution in [1.29, 1.82) is 0 Å². The summed E-state index contributed by atoms with van der Waals surface area (Å²) in [5, 5.41) is 3.62. The monoisotopic (exact) mass is 351 g/mol. The SMILES string of the molecule is CC.CC.CC1=CC(/C=N/N)CC=C1CC/C=C(/C(C)C)C1(N)CO1.[HH]. The molecule has 4 N–H and O–H groups in total. The van der Waals surface area contributed by atoms with E-state index in [0.717, 1.165) is 19.3 Å². The lowest BCUT2D eigenvalue weighted by atomic mass is 9.88. The van der Waals surface area contributed by atoms with Crippen molar-refractivity contribution < 1.29 is 6.16 Å². The standard InChI is InChI=1S/C17H27N3O.2C2H6.H2/c1-12(2)16(17(18)11-21-17)6-4-5-15-8-7-14(10-20-19)9-13(15)3;2*1-2;/h6,8-10,12,14H,4-5,7,11,18-19H2,1-3H3;2*1-2H3;1H/b16-6-,20-10+;;;. The minimum absolute atomic E-state index is 0. The molecule has 1 aliphatic heterocycles. The molecule has 0 aromatic carbocycles. The van der Waals surface area contributed by atoms with Crippen LogP contribution in [0.3, 0.4) is 0 Å². The Balaban J connectivity index is 0. The van der Waals surface area contributed by atoms with Crippen LogP contribution in [0.2, 0.25) is 0 Å². The Kier molecular flexibility index (Phi) is 11.4. The highest BCUT2D eigenvalue weighted by Gasteiger charge is 2.44. The summed E-state index contributed by atoms with van der Waals surface area (Å²) in [6.07, 6.45) is 11.6. The molecule has 1 fully saturated rings. The van der Waals surface area contributed by atoms with Crippen molar-refractivity contribution in [2.75, 3.05) is 6.61 Å². The van der Waals surface area contributed by atoms with Gasteiger partial charge in [0.25, 0.3) is 0 Å². The fourth-order valence-corrected chi connectivity index (χ4v) is 2.97. The second kappa shape index (κ2) is 12.0. The Morgan fingerprint density at radius 1 is 1.40 bits per heavy atom. The first-order chi connectivity index (χ1) is 12.0. The number of allylic oxidation sites excluding steroid dienone is 5. The van der Waals surface area contributed by atoms with Crippen molar-refractivity contribution in [3.63, 3.8) is 0 Å². The van der Waals surface area contributed by atoms with Gasteiger partial charge in [-0.2, -0.15) is 5.10 Å². The van der Waals surface area contributed by atoms with Crippen LogP contribution in [0.1, 0.15) is 69.2 Å². The second-order valence-electron chi connectivity index (χ2n) is 6.31. The van der Waals surface area contributed by atoms with Gasteiger partial charge in [-0.25, -0.2) is 0 Å². The van der Waals surface area contributed by atoms with Crippen molar-refractivity contribution >= 4 is 6.21 Å². The van der Waals surface area contributed by atoms with Crippen LogP contribution in [0.4, 0.5) is 0 Å². The van der Waals surface area contributed by atoms with Gasteiger partial charge in [0, 0.05) is 13.6 Å². The zero-order valence-electron chi connectivity index (χ0n) is 17.3. The van der Waals surface area contributed by atoms with Gasteiger partial charge >= 0.3 is 0 Å². The molecule has 2 aliphatic rings. The van der Waals surface area contributed by atoms with Crippen LogP contribution >= 0.6 is 0 Å². The molecular formula is C21H41N3O. The van der Waals surface area contributed by atoms with Crippen LogP contribution in [0.5, 0.6) is 0 Å². The fourth-order valence-electron chi connectivity index (χ4n) is 2.97. The van der Waals surface area contributed by atoms with Gasteiger partial charge < -0.3 is 10.6 Å². The van der Waals surface area contributed by atoms with Crippen LogP contribution in [-0.2, 0) is 4.74 Å². The summed E-state index contributed by atoms with van der Waals surface area (Å²) < 4.78 is 5.38. The second-order valence-corrected chi connectivity index (χ2v) is 6.31. The maximum atomic E-state index is 6.15. The topological polar surface area (TPSA) is 76.9 Å². The van der Waals surface area contributed by atoms with Crippen LogP contribution in [0, 0.1) is 11.8 Å². The molecule has 0 spiro atoms. The van der Waals surface area contributed by atoms with Gasteiger partial charge in [-0.1, -0.05) is 65.3 Å². The Morgan fingerprint density at radius 3 is 2.44 bits per heavy atom. The molecule has 2 unspecified atom stereocenters. The first kappa shape index (κ1) is 23.6. The lowest BCUT2D eigenvalue weighted by Crippen LogP contribution is -2.29. The van der Waals surface area contributed by atoms with E-state index in [2.05, 4.69) is 44.1 Å². The van der Waals surface area contributed by atoms with E-state index in [1.165, 1.54) is 16.7 Å². The Bertz CT molecular complexity index is 503. The average Bonchev–Trinajstić information content (AvgIpc) is 3.35. The molecule has 4 nitrogen and oxygen atoms in total. The third-order valence-electron chi connectivity index (χ3n) is 4.23. The lowest BCUT2D eigenvalue weighted by molar-refractivity contribution is 0.330. The number of hydrazone groups is 1. The van der Waals surface area contributed by atoms with E-state index < -0.39 is 5.72 Å². The number of ether oxygens (including phenoxy) is 1. The zero-order chi connectivity index (χ0) is 19.5. The van der Waals surface area contributed by atoms with Gasteiger partial charge in [-0.3, -0.25) is 5.73 Å². The summed E-state index contributed by atoms with van der Waals surface area (Å²) in [5.41, 5.74) is 9.64. The van der Waals surface area contributed by atoms with E-state index in [4.69, 9.17) is 16.3 Å². The summed E-state index contributed by atoms with van der Waals surface area (Å²) >= 11 is 0. The van der Waals surface area contributed by atoms with Crippen LogP contribution < -0.4 is 11.6 Å². The van der Waals surface area contributed by atoms with Gasteiger partial charge in [-0.15, -0.1) is 0 Å².